The van der Waals surface area contributed by atoms with Gasteiger partial charge >= 0.3 is 0 Å². The lowest BCUT2D eigenvalue weighted by Crippen LogP contribution is -1.93. The van der Waals surface area contributed by atoms with Crippen molar-refractivity contribution < 1.29 is 35.3 Å². The largest absolute Gasteiger partial charge is 0.454 e. The van der Waals surface area contributed by atoms with Gasteiger partial charge in [-0.05, 0) is 229 Å². The summed E-state index contributed by atoms with van der Waals surface area (Å²) in [5, 5.41) is 9.05. The van der Waals surface area contributed by atoms with Gasteiger partial charge in [0.15, 0.2) is 44.7 Å². The Morgan fingerprint density at radius 1 is 0.156 bits per heavy atom. The Morgan fingerprint density at radius 3 is 0.850 bits per heavy atom. The van der Waals surface area contributed by atoms with Gasteiger partial charge in [0.05, 0.1) is 39.3 Å². The van der Waals surface area contributed by atoms with Crippen molar-refractivity contribution in [1.82, 2.24) is 74.3 Å². The molecule has 0 unspecified atom stereocenters. The minimum absolute atomic E-state index is 0.709. The lowest BCUT2D eigenvalue weighted by molar-refractivity contribution is 0.664. The second kappa shape index (κ2) is 34.1. The van der Waals surface area contributed by atoms with Crippen LogP contribution in [0.1, 0.15) is 0 Å². The molecular weight excluding hydrogens is 1830 g/mol. The third-order valence-electron chi connectivity index (χ3n) is 27.3. The van der Waals surface area contributed by atoms with E-state index in [-0.39, 0.29) is 0 Å². The van der Waals surface area contributed by atoms with Crippen LogP contribution in [0.25, 0.3) is 305 Å². The van der Waals surface area contributed by atoms with E-state index in [2.05, 4.69) is 126 Å². The Bertz CT molecular complexity index is 10600. The maximum atomic E-state index is 6.43. The van der Waals surface area contributed by atoms with E-state index in [1.807, 2.05) is 323 Å². The van der Waals surface area contributed by atoms with E-state index in [0.29, 0.717) is 5.58 Å². The number of benzene rings is 9. The van der Waals surface area contributed by atoms with Crippen molar-refractivity contribution in [3.63, 3.8) is 0 Å². The predicted molar refractivity (Wildman–Crippen MR) is 576 cm³/mol. The van der Waals surface area contributed by atoms with Gasteiger partial charge in [-0.3, -0.25) is 69.8 Å². The van der Waals surface area contributed by atoms with Gasteiger partial charge in [-0.1, -0.05) is 115 Å². The van der Waals surface area contributed by atoms with Crippen LogP contribution in [0.3, 0.4) is 0 Å². The second-order valence-electron chi connectivity index (χ2n) is 35.7. The van der Waals surface area contributed by atoms with Crippen LogP contribution in [0, 0.1) is 0 Å². The maximum Gasteiger partial charge on any atom is 0.163 e. The average molecular weight is 1900 g/mol. The van der Waals surface area contributed by atoms with Crippen molar-refractivity contribution in [3.8, 4) is 106 Å². The van der Waals surface area contributed by atoms with Crippen LogP contribution in [-0.2, 0) is 0 Å². The van der Waals surface area contributed by atoms with Crippen LogP contribution in [0.5, 0.6) is 0 Å². The van der Waals surface area contributed by atoms with Crippen LogP contribution < -0.4 is 0 Å². The van der Waals surface area contributed by atoms with E-state index in [0.717, 1.165) is 299 Å². The topological polar surface area (TPSA) is 291 Å². The highest BCUT2D eigenvalue weighted by Crippen LogP contribution is 2.47. The molecule has 32 rings (SSSR count). The summed E-state index contributed by atoms with van der Waals surface area (Å²) < 4.78 is 52.1. The Kier molecular flexibility index (Phi) is 19.3. The Labute approximate surface area is 829 Å². The number of pyridine rings is 14. The number of nitrogens with zero attached hydrogens (tertiary/aromatic N) is 15. The summed E-state index contributed by atoms with van der Waals surface area (Å²) in [4.78, 5) is 64.6. The van der Waals surface area contributed by atoms with Crippen molar-refractivity contribution in [2.24, 2.45) is 0 Å². The van der Waals surface area contributed by atoms with E-state index in [1.165, 1.54) is 0 Å². The number of fused-ring (bicyclic) bond motifs is 27. The zero-order valence-electron chi connectivity index (χ0n) is 77.3. The number of hydrogen-bond donors (Lipinski definition) is 0. The number of furan rings is 8. The minimum atomic E-state index is 0.709. The maximum absolute atomic E-state index is 6.43. The van der Waals surface area contributed by atoms with E-state index in [4.69, 9.17) is 50.3 Å². The molecule has 23 nitrogen and oxygen atoms in total. The zero-order valence-corrected chi connectivity index (χ0v) is 77.3. The van der Waals surface area contributed by atoms with Crippen LogP contribution in [0.15, 0.2) is 456 Å². The van der Waals surface area contributed by atoms with Crippen LogP contribution >= 0.6 is 0 Å². The molecule has 0 fully saturated rings. The smallest absolute Gasteiger partial charge is 0.163 e. The van der Waals surface area contributed by atoms with Gasteiger partial charge in [-0.15, -0.1) is 0 Å². The predicted octanol–water partition coefficient (Wildman–Crippen LogP) is 31.6. The number of rotatable bonds is 10. The summed E-state index contributed by atoms with van der Waals surface area (Å²) in [5.41, 5.74) is 40.1. The van der Waals surface area contributed by atoms with Gasteiger partial charge in [0.1, 0.15) is 88.8 Å². The summed E-state index contributed by atoms with van der Waals surface area (Å²) in [5.74, 6) is 0. The minimum Gasteiger partial charge on any atom is -0.454 e. The normalized spacial score (nSPS) is 11.8. The molecule has 147 heavy (non-hydrogen) atoms. The van der Waals surface area contributed by atoms with E-state index < -0.39 is 0 Å². The molecule has 0 amide bonds. The Morgan fingerprint density at radius 2 is 0.456 bits per heavy atom. The third kappa shape index (κ3) is 14.0. The molecule has 0 spiro atoms. The molecule has 9 aromatic carbocycles. The molecule has 0 saturated heterocycles. The lowest BCUT2D eigenvalue weighted by Gasteiger charge is -2.07. The van der Waals surface area contributed by atoms with Gasteiger partial charge in [-0.2, -0.15) is 0 Å². The van der Waals surface area contributed by atoms with Crippen LogP contribution in [-0.4, -0.2) is 74.3 Å². The van der Waals surface area contributed by atoms with Gasteiger partial charge in [0.2, 0.25) is 0 Å². The fraction of sp³-hybridized carbons (Fsp3) is 0. The fourth-order valence-corrected chi connectivity index (χ4v) is 20.5. The molecule has 0 aliphatic carbocycles. The van der Waals surface area contributed by atoms with Crippen LogP contribution in [0.4, 0.5) is 0 Å². The molecule has 0 aliphatic rings. The molecule has 0 aliphatic heterocycles. The molecule has 0 saturated carbocycles. The quantitative estimate of drug-likeness (QED) is 0.123. The molecule has 23 heteroatoms. The highest BCUT2D eigenvalue weighted by molar-refractivity contribution is 6.17. The lowest BCUT2D eigenvalue weighted by atomic mass is 10.0. The molecule has 0 N–H and O–H groups in total. The van der Waals surface area contributed by atoms with Gasteiger partial charge < -0.3 is 39.9 Å². The summed E-state index contributed by atoms with van der Waals surface area (Å²) >= 11 is 0. The van der Waals surface area contributed by atoms with Crippen molar-refractivity contribution in [2.75, 3.05) is 0 Å². The first-order valence-corrected chi connectivity index (χ1v) is 47.7. The zero-order chi connectivity index (χ0) is 96.7. The van der Waals surface area contributed by atoms with Gasteiger partial charge in [0, 0.05) is 208 Å². The first-order valence-electron chi connectivity index (χ1n) is 47.7. The molecule has 23 aromatic heterocycles. The van der Waals surface area contributed by atoms with Gasteiger partial charge in [0.25, 0.3) is 0 Å². The molecule has 688 valence electrons. The molecule has 23 heterocycles. The van der Waals surface area contributed by atoms with E-state index >= 15 is 0 Å². The highest BCUT2D eigenvalue weighted by atomic mass is 16.4. The molecule has 0 atom stereocenters. The fourth-order valence-electron chi connectivity index (χ4n) is 20.5. The van der Waals surface area contributed by atoms with Crippen LogP contribution in [0.2, 0.25) is 0 Å². The molecular formula is C124H69N15O8. The molecule has 0 radical (unpaired) electrons. The monoisotopic (exact) mass is 1900 g/mol. The van der Waals surface area contributed by atoms with E-state index in [1.54, 1.807) is 31.0 Å². The number of aromatic nitrogens is 15. The third-order valence-corrected chi connectivity index (χ3v) is 27.3. The number of hydrogen-bond acceptors (Lipinski definition) is 22. The Hall–Kier alpha value is -20.7. The summed E-state index contributed by atoms with van der Waals surface area (Å²) in [6.45, 7) is 0. The summed E-state index contributed by atoms with van der Waals surface area (Å²) in [7, 11) is 0. The Balaban J connectivity index is 0.0000000928. The molecule has 32 aromatic rings. The van der Waals surface area contributed by atoms with Gasteiger partial charge in [-0.25, -0.2) is 0 Å². The van der Waals surface area contributed by atoms with Crippen molar-refractivity contribution in [3.05, 3.63) is 421 Å². The highest BCUT2D eigenvalue weighted by Gasteiger charge is 2.26. The average Bonchev–Trinajstić information content (AvgIpc) is 1.58. The van der Waals surface area contributed by atoms with Crippen molar-refractivity contribution in [1.29, 1.82) is 0 Å². The van der Waals surface area contributed by atoms with Crippen molar-refractivity contribution in [2.45, 2.75) is 0 Å². The summed E-state index contributed by atoms with van der Waals surface area (Å²) in [6, 6.07) is 108. The first-order chi connectivity index (χ1) is 72.9. The second-order valence-corrected chi connectivity index (χ2v) is 35.7. The first kappa shape index (κ1) is 83.3. The van der Waals surface area contributed by atoms with Crippen molar-refractivity contribution >= 4 is 198 Å². The summed E-state index contributed by atoms with van der Waals surface area (Å²) in [6.07, 6.45) is 27.3. The number of para-hydroxylation sites is 7. The SMILES string of the molecule is c1ccc2c(c1)oc1c(-c3ccc(-c4ccc(-c5ccnc6c5oc5ccccc56)nc4)cn3)ccnc12.c1ccc2c(c1)oc1c(-c3ccc4oc5c(-c6ccnc7c6oc6ccccc67)ccnc5c4c3)ccnc12.c1ccc2c(c1)oc1c(-c3ccnc(-c4cc(-c5ccnc6c5oc5ccccc56)ccn4)c3)ccnc12.c1cncc(-c2ccnc3c2oc2ccc(-n4c5ccccc5c5ncccc54)cc23)c1. The van der Waals surface area contributed by atoms with E-state index in [9.17, 15) is 0 Å². The molecule has 0 bridgehead atoms. The standard InChI is InChI=1S/C33H17N3O3.2C32H18N4O2.C27H16N4O/c1-3-7-25-22(5-1)28-31(37-25)19(11-14-34-28)18-9-10-27-24(17-18)30-33(39-27)21(13-16-36-30)20-12-15-35-29-23-6-2-4-8-26(23)38-32(20)29;1-3-7-27-23(5-1)29-31(37-27)21(11-15-35-29)19-9-13-33-25(17-19)26-18-20(10-14-34-26)22-12-16-36-30-24-6-2-4-8-28(24)38-32(22)30;1-3-7-27-23(5-1)29-31(37-27)21(13-15-33-29)25-11-9-19(17-35-25)20-10-12-26(36-18-20)22-14-16-34-30-24-6-2-4-8-28(24)38-32(22)30;1-2-7-22-20(6-1)25-23(8-4-13-29-25)31(22)18-9-10-24-21(15-18)26-27(32-24)19(11-14-30-26)17-5-3-12-28-16-17/h1-17H;2*1-18H;1-16H.